The standard InChI is InChI=1S/C25H18Br2N2O3S2/c1-29-13-18-9-16(2-4-20(18)25(29)30)22-5-6-23(33-22)17-8-15(11-28-12-17)14-34(31,32)24-7-3-19(26)10-21(24)27/h2-12H,13-14H2,1H3. The van der Waals surface area contributed by atoms with Crippen molar-refractivity contribution in [1.29, 1.82) is 0 Å². The van der Waals surface area contributed by atoms with Gasteiger partial charge in [-0.25, -0.2) is 8.42 Å². The summed E-state index contributed by atoms with van der Waals surface area (Å²) in [7, 11) is -1.74. The third kappa shape index (κ3) is 4.49. The van der Waals surface area contributed by atoms with E-state index in [1.807, 2.05) is 30.3 Å². The molecule has 0 bridgehead atoms. The van der Waals surface area contributed by atoms with Crippen LogP contribution < -0.4 is 0 Å². The first kappa shape index (κ1) is 23.4. The Morgan fingerprint density at radius 2 is 1.74 bits per heavy atom. The second-order valence-corrected chi connectivity index (χ2v) is 12.9. The second kappa shape index (κ2) is 9.03. The molecule has 0 spiro atoms. The van der Waals surface area contributed by atoms with E-state index in [0.717, 1.165) is 36.5 Å². The van der Waals surface area contributed by atoms with Gasteiger partial charge >= 0.3 is 0 Å². The van der Waals surface area contributed by atoms with E-state index in [1.54, 1.807) is 53.9 Å². The summed E-state index contributed by atoms with van der Waals surface area (Å²) in [5.74, 6) is -0.0833. The van der Waals surface area contributed by atoms with Crippen molar-refractivity contribution in [1.82, 2.24) is 9.88 Å². The number of carbonyl (C=O) groups excluding carboxylic acids is 1. The fourth-order valence-electron chi connectivity index (χ4n) is 3.99. The molecule has 5 nitrogen and oxygen atoms in total. The number of carbonyl (C=O) groups is 1. The van der Waals surface area contributed by atoms with Crippen molar-refractivity contribution in [3.05, 3.63) is 92.6 Å². The largest absolute Gasteiger partial charge is 0.337 e. The minimum Gasteiger partial charge on any atom is -0.337 e. The molecular formula is C25H18Br2N2O3S2. The number of nitrogens with zero attached hydrogens (tertiary/aromatic N) is 2. The van der Waals surface area contributed by atoms with Crippen molar-refractivity contribution in [2.75, 3.05) is 7.05 Å². The van der Waals surface area contributed by atoms with Crippen molar-refractivity contribution in [2.24, 2.45) is 0 Å². The molecule has 1 amide bonds. The van der Waals surface area contributed by atoms with Gasteiger partial charge in [0.05, 0.1) is 10.6 Å². The number of rotatable bonds is 5. The molecule has 4 aromatic rings. The molecule has 1 aliphatic heterocycles. The van der Waals surface area contributed by atoms with Gasteiger partial charge in [-0.3, -0.25) is 9.78 Å². The van der Waals surface area contributed by atoms with Gasteiger partial charge in [-0.2, -0.15) is 0 Å². The van der Waals surface area contributed by atoms with E-state index in [4.69, 9.17) is 0 Å². The molecule has 0 N–H and O–H groups in total. The van der Waals surface area contributed by atoms with Crippen LogP contribution in [0.1, 0.15) is 21.5 Å². The lowest BCUT2D eigenvalue weighted by atomic mass is 10.1. The van der Waals surface area contributed by atoms with E-state index >= 15 is 0 Å². The van der Waals surface area contributed by atoms with E-state index in [2.05, 4.69) is 42.9 Å². The Morgan fingerprint density at radius 1 is 0.971 bits per heavy atom. The van der Waals surface area contributed by atoms with E-state index in [0.29, 0.717) is 16.6 Å². The van der Waals surface area contributed by atoms with Gasteiger partial charge in [0.25, 0.3) is 5.91 Å². The zero-order valence-electron chi connectivity index (χ0n) is 18.0. The Kier molecular flexibility index (Phi) is 6.22. The van der Waals surface area contributed by atoms with Crippen molar-refractivity contribution in [3.8, 4) is 20.9 Å². The zero-order valence-corrected chi connectivity index (χ0v) is 22.8. The van der Waals surface area contributed by atoms with E-state index in [1.165, 1.54) is 0 Å². The third-order valence-corrected chi connectivity index (χ3v) is 9.98. The molecule has 0 unspecified atom stereocenters. The monoisotopic (exact) mass is 616 g/mol. The number of pyridine rings is 1. The Labute approximate surface area is 218 Å². The molecule has 1 aliphatic rings. The molecule has 3 heterocycles. The van der Waals surface area contributed by atoms with Gasteiger partial charge in [0.1, 0.15) is 0 Å². The van der Waals surface area contributed by atoms with Crippen LogP contribution in [0.5, 0.6) is 0 Å². The SMILES string of the molecule is CN1Cc2cc(-c3ccc(-c4cncc(CS(=O)(=O)c5ccc(Br)cc5Br)c4)s3)ccc2C1=O. The molecule has 0 saturated heterocycles. The highest BCUT2D eigenvalue weighted by Gasteiger charge is 2.24. The van der Waals surface area contributed by atoms with Crippen LogP contribution in [-0.2, 0) is 22.1 Å². The fraction of sp³-hybridized carbons (Fsp3) is 0.120. The minimum absolute atomic E-state index is 0.0569. The molecule has 172 valence electrons. The number of hydrogen-bond donors (Lipinski definition) is 0. The molecule has 2 aromatic heterocycles. The number of halogens is 2. The van der Waals surface area contributed by atoms with Crippen LogP contribution in [0.15, 0.2) is 80.8 Å². The normalized spacial score (nSPS) is 13.4. The number of sulfone groups is 1. The summed E-state index contributed by atoms with van der Waals surface area (Å²) in [6.45, 7) is 0.620. The molecule has 0 radical (unpaired) electrons. The maximum Gasteiger partial charge on any atom is 0.254 e. The summed E-state index contributed by atoms with van der Waals surface area (Å²) in [4.78, 5) is 20.5. The van der Waals surface area contributed by atoms with Gasteiger partial charge in [0, 0.05) is 55.8 Å². The quantitative estimate of drug-likeness (QED) is 0.254. The predicted molar refractivity (Wildman–Crippen MR) is 142 cm³/mol. The molecule has 2 aromatic carbocycles. The summed E-state index contributed by atoms with van der Waals surface area (Å²) >= 11 is 8.32. The molecule has 0 aliphatic carbocycles. The maximum atomic E-state index is 13.0. The summed E-state index contributed by atoms with van der Waals surface area (Å²) < 4.78 is 27.4. The van der Waals surface area contributed by atoms with Crippen LogP contribution in [0.3, 0.4) is 0 Å². The van der Waals surface area contributed by atoms with Gasteiger partial charge in [0.15, 0.2) is 9.84 Å². The highest BCUT2D eigenvalue weighted by atomic mass is 79.9. The molecule has 0 atom stereocenters. The van der Waals surface area contributed by atoms with Gasteiger partial charge in [-0.05, 0) is 81.2 Å². The zero-order chi connectivity index (χ0) is 24.0. The second-order valence-electron chi connectivity index (χ2n) is 8.11. The van der Waals surface area contributed by atoms with Crippen molar-refractivity contribution in [2.45, 2.75) is 17.2 Å². The summed E-state index contributed by atoms with van der Waals surface area (Å²) in [5, 5.41) is 0. The number of benzene rings is 2. The van der Waals surface area contributed by atoms with E-state index < -0.39 is 9.84 Å². The van der Waals surface area contributed by atoms with Crippen LogP contribution in [0.2, 0.25) is 0 Å². The van der Waals surface area contributed by atoms with Gasteiger partial charge in [-0.15, -0.1) is 11.3 Å². The van der Waals surface area contributed by atoms with Gasteiger partial charge in [0.2, 0.25) is 0 Å². The van der Waals surface area contributed by atoms with E-state index in [9.17, 15) is 13.2 Å². The summed E-state index contributed by atoms with van der Waals surface area (Å²) in [6, 6.07) is 16.9. The maximum absolute atomic E-state index is 13.0. The van der Waals surface area contributed by atoms with Crippen LogP contribution in [-0.4, -0.2) is 31.3 Å². The first-order chi connectivity index (χ1) is 16.2. The molecule has 0 saturated carbocycles. The number of fused-ring (bicyclic) bond motifs is 1. The van der Waals surface area contributed by atoms with Crippen molar-refractivity contribution >= 4 is 58.9 Å². The lowest BCUT2D eigenvalue weighted by Gasteiger charge is -2.08. The molecule has 0 fully saturated rings. The van der Waals surface area contributed by atoms with E-state index in [-0.39, 0.29) is 16.6 Å². The highest BCUT2D eigenvalue weighted by Crippen LogP contribution is 2.37. The lowest BCUT2D eigenvalue weighted by Crippen LogP contribution is -2.17. The summed E-state index contributed by atoms with van der Waals surface area (Å²) in [6.07, 6.45) is 3.34. The van der Waals surface area contributed by atoms with Crippen LogP contribution >= 0.6 is 43.2 Å². The molecule has 34 heavy (non-hydrogen) atoms. The van der Waals surface area contributed by atoms with Gasteiger partial charge in [-0.1, -0.05) is 22.0 Å². The van der Waals surface area contributed by atoms with Gasteiger partial charge < -0.3 is 4.90 Å². The van der Waals surface area contributed by atoms with Crippen LogP contribution in [0.4, 0.5) is 0 Å². The van der Waals surface area contributed by atoms with Crippen molar-refractivity contribution < 1.29 is 13.2 Å². The molecular weight excluding hydrogens is 600 g/mol. The first-order valence-electron chi connectivity index (χ1n) is 10.3. The Balaban J connectivity index is 1.41. The number of amides is 1. The fourth-order valence-corrected chi connectivity index (χ4v) is 8.15. The number of thiophene rings is 1. The lowest BCUT2D eigenvalue weighted by molar-refractivity contribution is 0.0816. The third-order valence-electron chi connectivity index (χ3n) is 5.65. The van der Waals surface area contributed by atoms with Crippen molar-refractivity contribution in [3.63, 3.8) is 0 Å². The smallest absolute Gasteiger partial charge is 0.254 e. The first-order valence-corrected chi connectivity index (χ1v) is 14.4. The minimum atomic E-state index is -3.55. The van der Waals surface area contributed by atoms with Crippen LogP contribution in [0.25, 0.3) is 20.9 Å². The summed E-state index contributed by atoms with van der Waals surface area (Å²) in [5.41, 5.74) is 4.35. The highest BCUT2D eigenvalue weighted by molar-refractivity contribution is 9.11. The Hall–Kier alpha value is -2.33. The molecule has 5 rings (SSSR count). The predicted octanol–water partition coefficient (Wildman–Crippen LogP) is 6.56. The molecule has 9 heteroatoms. The number of aromatic nitrogens is 1. The average Bonchev–Trinajstić information content (AvgIpc) is 3.38. The average molecular weight is 618 g/mol. The Bertz CT molecular complexity index is 1550. The number of hydrogen-bond acceptors (Lipinski definition) is 5. The topological polar surface area (TPSA) is 67.3 Å². The van der Waals surface area contributed by atoms with Crippen LogP contribution in [0, 0.1) is 0 Å². The Morgan fingerprint density at radius 3 is 2.50 bits per heavy atom.